The minimum atomic E-state index is -4.71. The fourth-order valence-electron chi connectivity index (χ4n) is 1.80. The Morgan fingerprint density at radius 3 is 2.29 bits per heavy atom. The minimum Gasteiger partial charge on any atom is -0.406 e. The number of nitrogens with one attached hydrogen (secondary N) is 1. The van der Waals surface area contributed by atoms with E-state index < -0.39 is 12.3 Å². The molecule has 3 N–H and O–H groups in total. The van der Waals surface area contributed by atoms with Gasteiger partial charge in [-0.1, -0.05) is 12.1 Å². The highest BCUT2D eigenvalue weighted by atomic mass is 19.4. The Morgan fingerprint density at radius 2 is 1.86 bits per heavy atom. The first-order valence-corrected chi connectivity index (χ1v) is 6.56. The number of rotatable bonds is 6. The predicted octanol–water partition coefficient (Wildman–Crippen LogP) is 2.23. The summed E-state index contributed by atoms with van der Waals surface area (Å²) in [5.41, 5.74) is 6.30. The summed E-state index contributed by atoms with van der Waals surface area (Å²) >= 11 is 0. The molecule has 118 valence electrons. The third kappa shape index (κ3) is 6.48. The standard InChI is InChI=1S/C14H19F3N2O2/c1-9(2)19-13(20)11(8-18)7-10-3-5-12(6-4-10)21-14(15,16)17/h3-6,9,11H,7-8,18H2,1-2H3,(H,19,20). The lowest BCUT2D eigenvalue weighted by Gasteiger charge is -2.17. The molecule has 0 aromatic heterocycles. The van der Waals surface area contributed by atoms with Crippen LogP contribution in [0.15, 0.2) is 24.3 Å². The lowest BCUT2D eigenvalue weighted by atomic mass is 9.98. The maximum absolute atomic E-state index is 12.0. The Morgan fingerprint density at radius 1 is 1.29 bits per heavy atom. The smallest absolute Gasteiger partial charge is 0.406 e. The Balaban J connectivity index is 2.67. The van der Waals surface area contributed by atoms with E-state index in [1.54, 1.807) is 0 Å². The molecule has 0 aliphatic heterocycles. The molecular formula is C14H19F3N2O2. The van der Waals surface area contributed by atoms with E-state index in [4.69, 9.17) is 5.73 Å². The molecule has 1 amide bonds. The highest BCUT2D eigenvalue weighted by Gasteiger charge is 2.31. The zero-order chi connectivity index (χ0) is 16.0. The minimum absolute atomic E-state index is 0.00844. The van der Waals surface area contributed by atoms with Crippen molar-refractivity contribution in [1.29, 1.82) is 0 Å². The van der Waals surface area contributed by atoms with E-state index in [2.05, 4.69) is 10.1 Å². The van der Waals surface area contributed by atoms with Crippen LogP contribution >= 0.6 is 0 Å². The van der Waals surface area contributed by atoms with Crippen molar-refractivity contribution in [3.63, 3.8) is 0 Å². The molecule has 0 saturated carbocycles. The van der Waals surface area contributed by atoms with Crippen molar-refractivity contribution < 1.29 is 22.7 Å². The summed E-state index contributed by atoms with van der Waals surface area (Å²) in [5.74, 6) is -0.868. The summed E-state index contributed by atoms with van der Waals surface area (Å²) in [7, 11) is 0. The van der Waals surface area contributed by atoms with Crippen molar-refractivity contribution in [3.05, 3.63) is 29.8 Å². The van der Waals surface area contributed by atoms with E-state index in [0.717, 1.165) is 5.56 Å². The molecule has 0 aliphatic rings. The van der Waals surface area contributed by atoms with Gasteiger partial charge in [0.05, 0.1) is 5.92 Å². The van der Waals surface area contributed by atoms with Gasteiger partial charge in [-0.05, 0) is 38.0 Å². The van der Waals surface area contributed by atoms with Crippen LogP contribution in [0.1, 0.15) is 19.4 Å². The summed E-state index contributed by atoms with van der Waals surface area (Å²) < 4.78 is 39.9. The molecule has 1 unspecified atom stereocenters. The molecule has 0 aliphatic carbocycles. The van der Waals surface area contributed by atoms with Gasteiger partial charge in [-0.25, -0.2) is 0 Å². The Hall–Kier alpha value is -1.76. The molecule has 1 atom stereocenters. The average Bonchev–Trinajstić information content (AvgIpc) is 2.35. The second-order valence-electron chi connectivity index (χ2n) is 4.99. The van der Waals surface area contributed by atoms with Crippen LogP contribution in [-0.4, -0.2) is 24.9 Å². The van der Waals surface area contributed by atoms with Gasteiger partial charge in [0.1, 0.15) is 5.75 Å². The molecule has 0 fully saturated rings. The number of hydrogen-bond donors (Lipinski definition) is 2. The number of carbonyl (C=O) groups is 1. The normalized spacial score (nSPS) is 13.1. The molecule has 7 heteroatoms. The Bertz CT molecular complexity index is 458. The van der Waals surface area contributed by atoms with Crippen molar-refractivity contribution >= 4 is 5.91 Å². The van der Waals surface area contributed by atoms with Gasteiger partial charge >= 0.3 is 6.36 Å². The second kappa shape index (κ2) is 7.31. The van der Waals surface area contributed by atoms with Gasteiger partial charge in [0.2, 0.25) is 5.91 Å². The molecule has 0 heterocycles. The van der Waals surface area contributed by atoms with E-state index in [1.165, 1.54) is 24.3 Å². The predicted molar refractivity (Wildman–Crippen MR) is 72.7 cm³/mol. The van der Waals surface area contributed by atoms with Crippen LogP contribution < -0.4 is 15.8 Å². The first kappa shape index (κ1) is 17.3. The van der Waals surface area contributed by atoms with Crippen LogP contribution in [0.5, 0.6) is 5.75 Å². The number of carbonyl (C=O) groups excluding carboxylic acids is 1. The van der Waals surface area contributed by atoms with Gasteiger partial charge in [0.15, 0.2) is 0 Å². The van der Waals surface area contributed by atoms with Gasteiger partial charge < -0.3 is 15.8 Å². The second-order valence-corrected chi connectivity index (χ2v) is 4.99. The Labute approximate surface area is 121 Å². The zero-order valence-electron chi connectivity index (χ0n) is 11.9. The van der Waals surface area contributed by atoms with E-state index in [-0.39, 0.29) is 24.2 Å². The third-order valence-electron chi connectivity index (χ3n) is 2.73. The van der Waals surface area contributed by atoms with E-state index in [1.807, 2.05) is 13.8 Å². The Kier molecular flexibility index (Phi) is 6.02. The van der Waals surface area contributed by atoms with Crippen molar-refractivity contribution in [1.82, 2.24) is 5.32 Å². The number of amides is 1. The van der Waals surface area contributed by atoms with Gasteiger partial charge in [-0.15, -0.1) is 13.2 Å². The molecule has 0 spiro atoms. The van der Waals surface area contributed by atoms with Crippen LogP contribution in [0.3, 0.4) is 0 Å². The van der Waals surface area contributed by atoms with Gasteiger partial charge in [0, 0.05) is 12.6 Å². The molecule has 0 saturated heterocycles. The quantitative estimate of drug-likeness (QED) is 0.847. The number of benzene rings is 1. The molecular weight excluding hydrogens is 285 g/mol. The maximum atomic E-state index is 12.0. The molecule has 1 aromatic carbocycles. The first-order valence-electron chi connectivity index (χ1n) is 6.56. The fourth-order valence-corrected chi connectivity index (χ4v) is 1.80. The molecule has 21 heavy (non-hydrogen) atoms. The summed E-state index contributed by atoms with van der Waals surface area (Å²) in [6, 6.07) is 5.43. The average molecular weight is 304 g/mol. The van der Waals surface area contributed by atoms with Crippen LogP contribution in [-0.2, 0) is 11.2 Å². The van der Waals surface area contributed by atoms with Gasteiger partial charge in [-0.2, -0.15) is 0 Å². The van der Waals surface area contributed by atoms with Crippen LogP contribution in [0.2, 0.25) is 0 Å². The largest absolute Gasteiger partial charge is 0.573 e. The zero-order valence-corrected chi connectivity index (χ0v) is 11.9. The number of nitrogens with two attached hydrogens (primary N) is 1. The van der Waals surface area contributed by atoms with Gasteiger partial charge in [0.25, 0.3) is 0 Å². The summed E-state index contributed by atoms with van der Waals surface area (Å²) in [5, 5.41) is 2.76. The molecule has 1 rings (SSSR count). The highest BCUT2D eigenvalue weighted by Crippen LogP contribution is 2.23. The van der Waals surface area contributed by atoms with Crippen LogP contribution in [0, 0.1) is 5.92 Å². The van der Waals surface area contributed by atoms with Crippen molar-refractivity contribution in [3.8, 4) is 5.75 Å². The van der Waals surface area contributed by atoms with Crippen molar-refractivity contribution in [2.75, 3.05) is 6.54 Å². The van der Waals surface area contributed by atoms with Gasteiger partial charge in [-0.3, -0.25) is 4.79 Å². The van der Waals surface area contributed by atoms with Crippen molar-refractivity contribution in [2.45, 2.75) is 32.7 Å². The summed E-state index contributed by atoms with van der Waals surface area (Å²) in [4.78, 5) is 11.9. The number of ether oxygens (including phenoxy) is 1. The van der Waals surface area contributed by atoms with E-state index in [0.29, 0.717) is 6.42 Å². The van der Waals surface area contributed by atoms with E-state index in [9.17, 15) is 18.0 Å². The highest BCUT2D eigenvalue weighted by molar-refractivity contribution is 5.79. The molecule has 4 nitrogen and oxygen atoms in total. The molecule has 0 radical (unpaired) electrons. The number of alkyl halides is 3. The summed E-state index contributed by atoms with van der Waals surface area (Å²) in [6.45, 7) is 3.85. The van der Waals surface area contributed by atoms with E-state index >= 15 is 0 Å². The number of hydrogen-bond acceptors (Lipinski definition) is 3. The SMILES string of the molecule is CC(C)NC(=O)C(CN)Cc1ccc(OC(F)(F)F)cc1. The molecule has 1 aromatic rings. The van der Waals surface area contributed by atoms with Crippen molar-refractivity contribution in [2.24, 2.45) is 11.7 Å². The maximum Gasteiger partial charge on any atom is 0.573 e. The third-order valence-corrected chi connectivity index (χ3v) is 2.73. The van der Waals surface area contributed by atoms with Crippen LogP contribution in [0.4, 0.5) is 13.2 Å². The fraction of sp³-hybridized carbons (Fsp3) is 0.500. The van der Waals surface area contributed by atoms with Crippen LogP contribution in [0.25, 0.3) is 0 Å². The monoisotopic (exact) mass is 304 g/mol. The first-order chi connectivity index (χ1) is 9.71. The topological polar surface area (TPSA) is 64.4 Å². The molecule has 0 bridgehead atoms. The lowest BCUT2D eigenvalue weighted by Crippen LogP contribution is -2.39. The lowest BCUT2D eigenvalue weighted by molar-refractivity contribution is -0.274. The number of halogens is 3. The summed E-state index contributed by atoms with van der Waals surface area (Å²) in [6.07, 6.45) is -4.35.